The highest BCUT2D eigenvalue weighted by Gasteiger charge is 2.19. The summed E-state index contributed by atoms with van der Waals surface area (Å²) in [6.45, 7) is 6.96. The summed E-state index contributed by atoms with van der Waals surface area (Å²) < 4.78 is 4.90. The van der Waals surface area contributed by atoms with Crippen LogP contribution in [-0.4, -0.2) is 61.4 Å². The molecule has 1 rings (SSSR count). The van der Waals surface area contributed by atoms with Crippen LogP contribution in [0.15, 0.2) is 0 Å². The van der Waals surface area contributed by atoms with Crippen molar-refractivity contribution < 1.29 is 14.6 Å². The third-order valence-electron chi connectivity index (χ3n) is 3.58. The van der Waals surface area contributed by atoms with Gasteiger partial charge in [0.15, 0.2) is 0 Å². The van der Waals surface area contributed by atoms with Crippen LogP contribution in [0.2, 0.25) is 0 Å². The second-order valence-corrected chi connectivity index (χ2v) is 5.26. The number of piperidine rings is 1. The third-order valence-corrected chi connectivity index (χ3v) is 3.58. The minimum absolute atomic E-state index is 0.177. The fraction of sp³-hybridized carbons (Fsp3) is 0.923. The zero-order valence-electron chi connectivity index (χ0n) is 11.7. The number of carbonyl (C=O) groups is 1. The maximum Gasteiger partial charge on any atom is 0.248 e. The van der Waals surface area contributed by atoms with Gasteiger partial charge in [-0.05, 0) is 38.8 Å². The number of methoxy groups -OCH3 is 1. The molecule has 5 heteroatoms. The molecule has 0 saturated carbocycles. The number of carbonyl (C=O) groups excluding carboxylic acids is 1. The third kappa shape index (κ3) is 5.33. The normalized spacial score (nSPS) is 21.6. The standard InChI is InChI=1S/C13H26N2O3/c1-10-4-6-15(7-5-10)9-12(16)8-14-13(17)11(2)18-3/h10-12,16H,4-9H2,1-3H3,(H,14,17)/t11-,12-/m0/s1. The quantitative estimate of drug-likeness (QED) is 0.716. The predicted octanol–water partition coefficient (Wildman–Crippen LogP) is 0.230. The number of likely N-dealkylation sites (tertiary alicyclic amines) is 1. The van der Waals surface area contributed by atoms with Gasteiger partial charge in [-0.1, -0.05) is 6.92 Å². The Hall–Kier alpha value is -0.650. The molecule has 1 saturated heterocycles. The molecule has 0 bridgehead atoms. The van der Waals surface area contributed by atoms with Gasteiger partial charge in [-0.25, -0.2) is 0 Å². The average molecular weight is 258 g/mol. The monoisotopic (exact) mass is 258 g/mol. The highest BCUT2D eigenvalue weighted by atomic mass is 16.5. The molecule has 5 nitrogen and oxygen atoms in total. The number of nitrogens with one attached hydrogen (secondary N) is 1. The first-order valence-electron chi connectivity index (χ1n) is 6.73. The van der Waals surface area contributed by atoms with Crippen LogP contribution in [0.3, 0.4) is 0 Å². The summed E-state index contributed by atoms with van der Waals surface area (Å²) in [6, 6.07) is 0. The van der Waals surface area contributed by atoms with Crippen LogP contribution < -0.4 is 5.32 Å². The van der Waals surface area contributed by atoms with E-state index in [0.717, 1.165) is 19.0 Å². The molecular weight excluding hydrogens is 232 g/mol. The van der Waals surface area contributed by atoms with Gasteiger partial charge in [0.1, 0.15) is 6.10 Å². The van der Waals surface area contributed by atoms with E-state index >= 15 is 0 Å². The van der Waals surface area contributed by atoms with E-state index < -0.39 is 12.2 Å². The number of hydrogen-bond acceptors (Lipinski definition) is 4. The van der Waals surface area contributed by atoms with Crippen molar-refractivity contribution >= 4 is 5.91 Å². The van der Waals surface area contributed by atoms with Crippen molar-refractivity contribution in [2.45, 2.75) is 38.9 Å². The van der Waals surface area contributed by atoms with E-state index in [1.807, 2.05) is 0 Å². The molecule has 0 aliphatic carbocycles. The van der Waals surface area contributed by atoms with Crippen molar-refractivity contribution in [2.75, 3.05) is 33.3 Å². The first-order valence-corrected chi connectivity index (χ1v) is 6.73. The smallest absolute Gasteiger partial charge is 0.248 e. The van der Waals surface area contributed by atoms with E-state index in [0.29, 0.717) is 13.1 Å². The highest BCUT2D eigenvalue weighted by Crippen LogP contribution is 2.15. The molecule has 1 aliphatic heterocycles. The summed E-state index contributed by atoms with van der Waals surface area (Å²) in [6.07, 6.45) is 1.42. The van der Waals surface area contributed by atoms with Gasteiger partial charge in [0.05, 0.1) is 6.10 Å². The van der Waals surface area contributed by atoms with Crippen molar-refractivity contribution in [3.05, 3.63) is 0 Å². The Morgan fingerprint density at radius 1 is 1.50 bits per heavy atom. The first-order chi connectivity index (χ1) is 8.52. The molecule has 1 amide bonds. The van der Waals surface area contributed by atoms with E-state index in [-0.39, 0.29) is 5.91 Å². The lowest BCUT2D eigenvalue weighted by atomic mass is 9.99. The van der Waals surface area contributed by atoms with E-state index in [9.17, 15) is 9.90 Å². The van der Waals surface area contributed by atoms with E-state index in [1.165, 1.54) is 20.0 Å². The molecule has 2 N–H and O–H groups in total. The molecule has 0 spiro atoms. The predicted molar refractivity (Wildman–Crippen MR) is 70.3 cm³/mol. The molecular formula is C13H26N2O3. The van der Waals surface area contributed by atoms with Gasteiger partial charge in [0, 0.05) is 20.2 Å². The molecule has 0 unspecified atom stereocenters. The molecule has 2 atom stereocenters. The summed E-state index contributed by atoms with van der Waals surface area (Å²) in [4.78, 5) is 13.7. The van der Waals surface area contributed by atoms with Gasteiger partial charge < -0.3 is 20.1 Å². The number of aliphatic hydroxyl groups is 1. The maximum atomic E-state index is 11.5. The van der Waals surface area contributed by atoms with Gasteiger partial charge in [-0.3, -0.25) is 4.79 Å². The van der Waals surface area contributed by atoms with Crippen LogP contribution >= 0.6 is 0 Å². The van der Waals surface area contributed by atoms with Crippen LogP contribution in [0.25, 0.3) is 0 Å². The molecule has 1 fully saturated rings. The number of hydrogen-bond donors (Lipinski definition) is 2. The van der Waals surface area contributed by atoms with E-state index in [2.05, 4.69) is 17.1 Å². The topological polar surface area (TPSA) is 61.8 Å². The van der Waals surface area contributed by atoms with Crippen molar-refractivity contribution in [1.82, 2.24) is 10.2 Å². The first kappa shape index (κ1) is 15.4. The zero-order valence-corrected chi connectivity index (χ0v) is 11.7. The van der Waals surface area contributed by atoms with Crippen molar-refractivity contribution in [3.8, 4) is 0 Å². The van der Waals surface area contributed by atoms with Gasteiger partial charge in [-0.2, -0.15) is 0 Å². The number of nitrogens with zero attached hydrogens (tertiary/aromatic N) is 1. The molecule has 0 radical (unpaired) electrons. The minimum Gasteiger partial charge on any atom is -0.390 e. The lowest BCUT2D eigenvalue weighted by Gasteiger charge is -2.31. The summed E-state index contributed by atoms with van der Waals surface area (Å²) >= 11 is 0. The largest absolute Gasteiger partial charge is 0.390 e. The number of rotatable bonds is 6. The molecule has 1 aliphatic rings. The van der Waals surface area contributed by atoms with Crippen molar-refractivity contribution in [1.29, 1.82) is 0 Å². The Kier molecular flexibility index (Phi) is 6.60. The van der Waals surface area contributed by atoms with Crippen LogP contribution in [0, 0.1) is 5.92 Å². The second-order valence-electron chi connectivity index (χ2n) is 5.26. The fourth-order valence-electron chi connectivity index (χ4n) is 2.08. The van der Waals surface area contributed by atoms with Crippen LogP contribution in [0.1, 0.15) is 26.7 Å². The Labute approximate surface area is 109 Å². The van der Waals surface area contributed by atoms with Crippen LogP contribution in [-0.2, 0) is 9.53 Å². The number of ether oxygens (including phenoxy) is 1. The average Bonchev–Trinajstić information content (AvgIpc) is 2.37. The summed E-state index contributed by atoms with van der Waals surface area (Å²) in [5.41, 5.74) is 0. The molecule has 106 valence electrons. The fourth-order valence-corrected chi connectivity index (χ4v) is 2.08. The lowest BCUT2D eigenvalue weighted by molar-refractivity contribution is -0.130. The Morgan fingerprint density at radius 2 is 2.11 bits per heavy atom. The number of β-amino-alcohol motifs (C(OH)–C–C–N with tert-alkyl or cyclic N) is 1. The van der Waals surface area contributed by atoms with Crippen molar-refractivity contribution in [3.63, 3.8) is 0 Å². The second kappa shape index (κ2) is 7.71. The Morgan fingerprint density at radius 3 is 2.67 bits per heavy atom. The molecule has 0 aromatic carbocycles. The van der Waals surface area contributed by atoms with E-state index in [4.69, 9.17) is 4.74 Å². The highest BCUT2D eigenvalue weighted by molar-refractivity contribution is 5.80. The Balaban J connectivity index is 2.17. The number of aliphatic hydroxyl groups excluding tert-OH is 1. The van der Waals surface area contributed by atoms with Gasteiger partial charge >= 0.3 is 0 Å². The SMILES string of the molecule is CO[C@@H](C)C(=O)NC[C@H](O)CN1CCC(C)CC1. The van der Waals surface area contributed by atoms with Gasteiger partial charge in [0.25, 0.3) is 0 Å². The summed E-state index contributed by atoms with van der Waals surface area (Å²) in [5, 5.41) is 12.6. The van der Waals surface area contributed by atoms with Gasteiger partial charge in [-0.15, -0.1) is 0 Å². The summed E-state index contributed by atoms with van der Waals surface area (Å²) in [7, 11) is 1.50. The van der Waals surface area contributed by atoms with Crippen LogP contribution in [0.5, 0.6) is 0 Å². The minimum atomic E-state index is -0.508. The molecule has 1 heterocycles. The molecule has 0 aromatic heterocycles. The maximum absolute atomic E-state index is 11.5. The van der Waals surface area contributed by atoms with E-state index in [1.54, 1.807) is 6.92 Å². The summed E-state index contributed by atoms with van der Waals surface area (Å²) in [5.74, 6) is 0.615. The van der Waals surface area contributed by atoms with Crippen molar-refractivity contribution in [2.24, 2.45) is 5.92 Å². The Bertz CT molecular complexity index is 253. The molecule has 18 heavy (non-hydrogen) atoms. The zero-order chi connectivity index (χ0) is 13.5. The lowest BCUT2D eigenvalue weighted by Crippen LogP contribution is -2.44. The molecule has 0 aromatic rings. The van der Waals surface area contributed by atoms with Crippen LogP contribution in [0.4, 0.5) is 0 Å². The van der Waals surface area contributed by atoms with Gasteiger partial charge in [0.2, 0.25) is 5.91 Å². The number of amides is 1.